The molecule has 1 unspecified atom stereocenters. The molecule has 7 heteroatoms. The van der Waals surface area contributed by atoms with E-state index < -0.39 is 6.29 Å². The predicted octanol–water partition coefficient (Wildman–Crippen LogP) is 6.55. The second-order valence-electron chi connectivity index (χ2n) is 11.3. The number of aromatic amines is 1. The number of methoxy groups -OCH3 is 1. The van der Waals surface area contributed by atoms with Gasteiger partial charge in [0.1, 0.15) is 5.75 Å². The van der Waals surface area contributed by atoms with Crippen LogP contribution in [0.3, 0.4) is 0 Å². The molecule has 0 amide bonds. The molecule has 2 aliphatic rings. The summed E-state index contributed by atoms with van der Waals surface area (Å²) in [4.78, 5) is 13.5. The molecule has 4 aromatic rings. The number of H-pyrrole nitrogens is 1. The number of anilines is 1. The standard InChI is InChI=1S/C34H40N4O3/c1-34(19-9-10-20-37-21-23-38(24-22-37)28-15-17-29(39-2)18-16-28)25-40-33(41-34)32-35-30(26-11-5-3-6-12-26)31(36-32)27-13-7-4-8-14-27/h3-8,11-18,33H,9-10,19-25H2,1-2H3,(H,35,36)/t33?,34-/m1/s1. The molecule has 0 saturated carbocycles. The maximum absolute atomic E-state index is 6.50. The van der Waals surface area contributed by atoms with Crippen molar-refractivity contribution in [1.82, 2.24) is 14.9 Å². The molecule has 3 aromatic carbocycles. The number of nitrogens with zero attached hydrogens (tertiary/aromatic N) is 3. The van der Waals surface area contributed by atoms with Crippen LogP contribution < -0.4 is 9.64 Å². The van der Waals surface area contributed by atoms with E-state index in [9.17, 15) is 0 Å². The third kappa shape index (κ3) is 6.48. The highest BCUT2D eigenvalue weighted by molar-refractivity contribution is 5.78. The molecule has 6 rings (SSSR count). The Balaban J connectivity index is 1.00. The summed E-state index contributed by atoms with van der Waals surface area (Å²) in [6.07, 6.45) is 2.73. The van der Waals surface area contributed by atoms with Crippen LogP contribution in [0.1, 0.15) is 38.3 Å². The summed E-state index contributed by atoms with van der Waals surface area (Å²) in [5.74, 6) is 1.63. The lowest BCUT2D eigenvalue weighted by Gasteiger charge is -2.36. The minimum Gasteiger partial charge on any atom is -0.497 e. The van der Waals surface area contributed by atoms with Crippen LogP contribution in [0, 0.1) is 0 Å². The zero-order chi connectivity index (χ0) is 28.1. The van der Waals surface area contributed by atoms with Gasteiger partial charge in [-0.25, -0.2) is 4.98 Å². The fourth-order valence-electron chi connectivity index (χ4n) is 5.82. The number of imidazole rings is 1. The highest BCUT2D eigenvalue weighted by Gasteiger charge is 2.39. The molecule has 2 fully saturated rings. The van der Waals surface area contributed by atoms with Crippen molar-refractivity contribution in [2.45, 2.75) is 38.1 Å². The van der Waals surface area contributed by atoms with Gasteiger partial charge in [-0.3, -0.25) is 4.90 Å². The van der Waals surface area contributed by atoms with Gasteiger partial charge in [-0.15, -0.1) is 0 Å². The maximum Gasteiger partial charge on any atom is 0.217 e. The largest absolute Gasteiger partial charge is 0.497 e. The topological polar surface area (TPSA) is 62.8 Å². The molecule has 2 saturated heterocycles. The van der Waals surface area contributed by atoms with Gasteiger partial charge in [0.2, 0.25) is 6.29 Å². The van der Waals surface area contributed by atoms with Crippen LogP contribution in [0.4, 0.5) is 5.69 Å². The van der Waals surface area contributed by atoms with Gasteiger partial charge in [0.15, 0.2) is 5.82 Å². The molecular formula is C34H40N4O3. The van der Waals surface area contributed by atoms with Crippen LogP contribution >= 0.6 is 0 Å². The van der Waals surface area contributed by atoms with E-state index in [1.807, 2.05) is 48.5 Å². The average molecular weight is 553 g/mol. The summed E-state index contributed by atoms with van der Waals surface area (Å²) in [6.45, 7) is 8.16. The second-order valence-corrected chi connectivity index (χ2v) is 11.3. The minimum atomic E-state index is -0.494. The van der Waals surface area contributed by atoms with Gasteiger partial charge in [-0.05, 0) is 57.0 Å². The number of nitrogens with one attached hydrogen (secondary N) is 1. The first-order chi connectivity index (χ1) is 20.1. The van der Waals surface area contributed by atoms with Gasteiger partial charge >= 0.3 is 0 Å². The van der Waals surface area contributed by atoms with Gasteiger partial charge in [0, 0.05) is 43.0 Å². The van der Waals surface area contributed by atoms with E-state index >= 15 is 0 Å². The Hall–Kier alpha value is -3.65. The Labute approximate surface area is 243 Å². The van der Waals surface area contributed by atoms with E-state index in [4.69, 9.17) is 19.2 Å². The number of hydrogen-bond acceptors (Lipinski definition) is 6. The van der Waals surface area contributed by atoms with Crippen molar-refractivity contribution in [3.05, 3.63) is 90.8 Å². The van der Waals surface area contributed by atoms with E-state index in [1.165, 1.54) is 5.69 Å². The summed E-state index contributed by atoms with van der Waals surface area (Å²) in [6, 6.07) is 29.0. The molecule has 1 aromatic heterocycles. The fourth-order valence-corrected chi connectivity index (χ4v) is 5.82. The molecule has 0 spiro atoms. The predicted molar refractivity (Wildman–Crippen MR) is 163 cm³/mol. The molecule has 0 radical (unpaired) electrons. The van der Waals surface area contributed by atoms with Crippen LogP contribution in [0.2, 0.25) is 0 Å². The van der Waals surface area contributed by atoms with Gasteiger partial charge < -0.3 is 24.1 Å². The first-order valence-corrected chi connectivity index (χ1v) is 14.7. The molecule has 3 heterocycles. The van der Waals surface area contributed by atoms with Crippen LogP contribution in [0.25, 0.3) is 22.5 Å². The number of benzene rings is 3. The molecule has 41 heavy (non-hydrogen) atoms. The highest BCUT2D eigenvalue weighted by Crippen LogP contribution is 2.38. The van der Waals surface area contributed by atoms with Crippen molar-refractivity contribution in [2.75, 3.05) is 51.3 Å². The number of piperazine rings is 1. The molecule has 2 atom stereocenters. The van der Waals surface area contributed by atoms with Crippen molar-refractivity contribution in [1.29, 1.82) is 0 Å². The molecule has 0 aliphatic carbocycles. The first kappa shape index (κ1) is 27.5. The van der Waals surface area contributed by atoms with E-state index in [1.54, 1.807) is 7.11 Å². The molecule has 214 valence electrons. The summed E-state index contributed by atoms with van der Waals surface area (Å²) in [7, 11) is 1.71. The maximum atomic E-state index is 6.50. The third-order valence-electron chi connectivity index (χ3n) is 8.23. The first-order valence-electron chi connectivity index (χ1n) is 14.7. The minimum absolute atomic E-state index is 0.315. The molecule has 7 nitrogen and oxygen atoms in total. The lowest BCUT2D eigenvalue weighted by molar-refractivity contribution is -0.0940. The Morgan fingerprint density at radius 3 is 2.24 bits per heavy atom. The normalized spacial score (nSPS) is 21.3. The van der Waals surface area contributed by atoms with Gasteiger partial charge in [0.25, 0.3) is 0 Å². The number of unbranched alkanes of at least 4 members (excludes halogenated alkanes) is 1. The van der Waals surface area contributed by atoms with Crippen LogP contribution in [-0.2, 0) is 9.47 Å². The van der Waals surface area contributed by atoms with E-state index in [2.05, 4.69) is 58.1 Å². The Bertz CT molecular complexity index is 1330. The smallest absolute Gasteiger partial charge is 0.217 e. The molecule has 2 aliphatic heterocycles. The zero-order valence-electron chi connectivity index (χ0n) is 24.1. The summed E-state index contributed by atoms with van der Waals surface area (Å²) in [5.41, 5.74) is 5.02. The highest BCUT2D eigenvalue weighted by atomic mass is 16.7. The Morgan fingerprint density at radius 1 is 0.878 bits per heavy atom. The zero-order valence-corrected chi connectivity index (χ0v) is 24.1. The summed E-state index contributed by atoms with van der Waals surface area (Å²) >= 11 is 0. The van der Waals surface area contributed by atoms with Gasteiger partial charge in [-0.1, -0.05) is 60.7 Å². The second kappa shape index (κ2) is 12.5. The van der Waals surface area contributed by atoms with E-state index in [0.29, 0.717) is 6.61 Å². The quantitative estimate of drug-likeness (QED) is 0.225. The number of hydrogen-bond donors (Lipinski definition) is 1. The number of aromatic nitrogens is 2. The SMILES string of the molecule is COc1ccc(N2CCN(CCCC[C@]3(C)COC(c4nc(-c5ccccc5)c(-c5ccccc5)[nH]4)O3)CC2)cc1. The van der Waals surface area contributed by atoms with Crippen LogP contribution in [0.5, 0.6) is 5.75 Å². The average Bonchev–Trinajstić information content (AvgIpc) is 3.65. The monoisotopic (exact) mass is 552 g/mol. The molecule has 1 N–H and O–H groups in total. The van der Waals surface area contributed by atoms with Crippen molar-refractivity contribution in [2.24, 2.45) is 0 Å². The Kier molecular flexibility index (Phi) is 8.37. The van der Waals surface area contributed by atoms with Crippen molar-refractivity contribution < 1.29 is 14.2 Å². The van der Waals surface area contributed by atoms with Crippen molar-refractivity contribution in [3.63, 3.8) is 0 Å². The van der Waals surface area contributed by atoms with Crippen molar-refractivity contribution >= 4 is 5.69 Å². The number of ether oxygens (including phenoxy) is 3. The lowest BCUT2D eigenvalue weighted by Crippen LogP contribution is -2.46. The van der Waals surface area contributed by atoms with Gasteiger partial charge in [-0.2, -0.15) is 0 Å². The Morgan fingerprint density at radius 2 is 1.56 bits per heavy atom. The fraction of sp³-hybridized carbons (Fsp3) is 0.382. The summed E-state index contributed by atoms with van der Waals surface area (Å²) < 4.78 is 18.0. The van der Waals surface area contributed by atoms with E-state index in [-0.39, 0.29) is 5.60 Å². The van der Waals surface area contributed by atoms with Crippen LogP contribution in [0.15, 0.2) is 84.9 Å². The third-order valence-corrected chi connectivity index (χ3v) is 8.23. The van der Waals surface area contributed by atoms with E-state index in [0.717, 1.165) is 86.1 Å². The van der Waals surface area contributed by atoms with Crippen LogP contribution in [-0.4, -0.2) is 66.9 Å². The molecular weight excluding hydrogens is 512 g/mol. The lowest BCUT2D eigenvalue weighted by atomic mass is 10.00. The summed E-state index contributed by atoms with van der Waals surface area (Å²) in [5, 5.41) is 0. The van der Waals surface area contributed by atoms with Gasteiger partial charge in [0.05, 0.1) is 30.7 Å². The number of rotatable bonds is 10. The van der Waals surface area contributed by atoms with Crippen molar-refractivity contribution in [3.8, 4) is 28.3 Å². The molecule has 0 bridgehead atoms.